The highest BCUT2D eigenvalue weighted by Gasteiger charge is 2.33. The predicted molar refractivity (Wildman–Crippen MR) is 118 cm³/mol. The van der Waals surface area contributed by atoms with Crippen molar-refractivity contribution in [2.45, 2.75) is 0 Å². The van der Waals surface area contributed by atoms with Crippen LogP contribution in [-0.2, 0) is 0 Å². The highest BCUT2D eigenvalue weighted by atomic mass is 35.5. The Morgan fingerprint density at radius 3 is 1.81 bits per heavy atom. The highest BCUT2D eigenvalue weighted by molar-refractivity contribution is 6.59. The van der Waals surface area contributed by atoms with E-state index in [1.807, 2.05) is 0 Å². The van der Waals surface area contributed by atoms with Crippen LogP contribution in [0.2, 0.25) is 20.1 Å². The van der Waals surface area contributed by atoms with Gasteiger partial charge in [-0.1, -0.05) is 69.6 Å². The molecular formula is C18H2Cl6N4O4. The first kappa shape index (κ1) is 25.3. The monoisotopic (exact) mass is 548 g/mol. The Hall–Kier alpha value is -2.92. The molecule has 14 heteroatoms. The van der Waals surface area contributed by atoms with E-state index in [1.54, 1.807) is 0 Å². The number of ether oxygens (including phenoxy) is 2. The van der Waals surface area contributed by atoms with Crippen molar-refractivity contribution in [2.24, 2.45) is 0 Å². The van der Waals surface area contributed by atoms with Gasteiger partial charge in [-0.3, -0.25) is 0 Å². The minimum atomic E-state index is -0.535. The normalized spacial score (nSPS) is 9.44. The van der Waals surface area contributed by atoms with E-state index in [0.717, 1.165) is 12.1 Å². The summed E-state index contributed by atoms with van der Waals surface area (Å²) in [4.78, 5) is 9.68. The molecule has 0 aromatic heterocycles. The second kappa shape index (κ2) is 11.1. The summed E-state index contributed by atoms with van der Waals surface area (Å²) >= 11 is 37.4. The molecule has 0 saturated carbocycles. The van der Waals surface area contributed by atoms with Gasteiger partial charge in [-0.25, -0.2) is 0 Å². The van der Waals surface area contributed by atoms with E-state index in [2.05, 4.69) is 10.0 Å². The zero-order valence-electron chi connectivity index (χ0n) is 14.8. The van der Waals surface area contributed by atoms with Crippen molar-refractivity contribution in [2.75, 3.05) is 0 Å². The van der Waals surface area contributed by atoms with Crippen LogP contribution >= 0.6 is 69.6 Å². The second-order valence-electron chi connectivity index (χ2n) is 5.14. The van der Waals surface area contributed by atoms with Crippen LogP contribution in [0.5, 0.6) is 23.0 Å². The number of benzene rings is 2. The van der Waals surface area contributed by atoms with Crippen LogP contribution < -0.4 is 19.1 Å². The second-order valence-corrected chi connectivity index (χ2v) is 7.66. The first-order valence-corrected chi connectivity index (χ1v) is 9.79. The average molecular weight is 551 g/mol. The Labute approximate surface area is 210 Å². The number of hydrogen-bond donors (Lipinski definition) is 0. The SMILES string of the molecule is [C-]#[N+]Oc1cc(Cl)c(OC#N)c(C(=C(Cl)Cl)c2c(Cl)c(OC#N)cc(Cl)c2O[N+]#[C-])c1Cl. The van der Waals surface area contributed by atoms with Gasteiger partial charge >= 0.3 is 0 Å². The summed E-state index contributed by atoms with van der Waals surface area (Å²) < 4.78 is 9.18. The summed E-state index contributed by atoms with van der Waals surface area (Å²) in [6.45, 7) is 13.9. The molecule has 0 atom stereocenters. The van der Waals surface area contributed by atoms with Gasteiger partial charge in [-0.05, 0) is 10.0 Å². The molecule has 32 heavy (non-hydrogen) atoms. The Kier molecular flexibility index (Phi) is 8.79. The Bertz CT molecular complexity index is 1200. The van der Waals surface area contributed by atoms with Gasteiger partial charge in [0.1, 0.15) is 9.51 Å². The van der Waals surface area contributed by atoms with E-state index in [1.165, 1.54) is 12.5 Å². The summed E-state index contributed by atoms with van der Waals surface area (Å²) in [5.41, 5.74) is -0.822. The van der Waals surface area contributed by atoms with Crippen LogP contribution in [0.3, 0.4) is 0 Å². The van der Waals surface area contributed by atoms with E-state index in [4.69, 9.17) is 112 Å². The van der Waals surface area contributed by atoms with Gasteiger partial charge in [0.2, 0.25) is 11.5 Å². The maximum atomic E-state index is 9.07. The number of hydrogen-bond acceptors (Lipinski definition) is 6. The van der Waals surface area contributed by atoms with E-state index in [0.29, 0.717) is 0 Å². The average Bonchev–Trinajstić information content (AvgIpc) is 2.73. The van der Waals surface area contributed by atoms with Gasteiger partial charge in [-0.15, -0.1) is 10.5 Å². The molecular weight excluding hydrogens is 549 g/mol. The molecule has 0 heterocycles. The molecule has 2 aromatic carbocycles. The lowest BCUT2D eigenvalue weighted by atomic mass is 9.96. The standard InChI is InChI=1S/C18H2Cl6N4O4/c1-27-31-10-4-7(19)16(30-6-26)12(15(10)22)11(18(23)24)13-14(21)9(29-5-25)3-8(20)17(13)32-28-2/h3-4H. The van der Waals surface area contributed by atoms with Crippen molar-refractivity contribution in [3.05, 3.63) is 71.0 Å². The van der Waals surface area contributed by atoms with Gasteiger partial charge in [0.15, 0.2) is 11.5 Å². The van der Waals surface area contributed by atoms with E-state index >= 15 is 0 Å². The number of rotatable bonds is 6. The topological polar surface area (TPSA) is 93.2 Å². The minimum absolute atomic E-state index is 0.226. The van der Waals surface area contributed by atoms with Gasteiger partial charge in [-0.2, -0.15) is 22.8 Å². The fourth-order valence-corrected chi connectivity index (χ4v) is 3.83. The molecule has 0 aliphatic rings. The highest BCUT2D eigenvalue weighted by Crippen LogP contribution is 2.53. The summed E-state index contributed by atoms with van der Waals surface area (Å²) in [7, 11) is 0. The fraction of sp³-hybridized carbons (Fsp3) is 0. The Morgan fingerprint density at radius 2 is 1.28 bits per heavy atom. The summed E-state index contributed by atoms with van der Waals surface area (Å²) in [6, 6.07) is 2.22. The molecule has 2 aromatic rings. The van der Waals surface area contributed by atoms with Crippen LogP contribution in [0.25, 0.3) is 15.6 Å². The molecule has 0 spiro atoms. The number of nitrogens with zero attached hydrogens (tertiary/aromatic N) is 4. The molecule has 0 bridgehead atoms. The molecule has 0 aliphatic heterocycles. The first-order valence-electron chi connectivity index (χ1n) is 7.52. The Morgan fingerprint density at radius 1 is 0.781 bits per heavy atom. The largest absolute Gasteiger partial charge is 0.386 e. The third-order valence-corrected chi connectivity index (χ3v) is 5.24. The van der Waals surface area contributed by atoms with Gasteiger partial charge in [0.05, 0.1) is 26.2 Å². The zero-order chi connectivity index (χ0) is 24.0. The molecule has 2 rings (SSSR count). The summed E-state index contributed by atoms with van der Waals surface area (Å²) in [6.07, 6.45) is 2.85. The molecule has 0 radical (unpaired) electrons. The van der Waals surface area contributed by atoms with Gasteiger partial charge in [0, 0.05) is 17.7 Å². The molecule has 0 saturated heterocycles. The van der Waals surface area contributed by atoms with Gasteiger partial charge in [0.25, 0.3) is 12.5 Å². The van der Waals surface area contributed by atoms with Crippen LogP contribution in [0.15, 0.2) is 16.6 Å². The van der Waals surface area contributed by atoms with Crippen LogP contribution in [0.1, 0.15) is 11.1 Å². The number of halogens is 6. The van der Waals surface area contributed by atoms with Crippen LogP contribution in [-0.4, -0.2) is 0 Å². The van der Waals surface area contributed by atoms with Crippen molar-refractivity contribution in [1.82, 2.24) is 0 Å². The number of nitriles is 2. The van der Waals surface area contributed by atoms with Crippen molar-refractivity contribution >= 4 is 75.2 Å². The van der Waals surface area contributed by atoms with Crippen molar-refractivity contribution < 1.29 is 19.1 Å². The van der Waals surface area contributed by atoms with Crippen molar-refractivity contribution in [3.8, 4) is 35.5 Å². The van der Waals surface area contributed by atoms with E-state index < -0.39 is 4.49 Å². The lowest BCUT2D eigenvalue weighted by molar-refractivity contribution is 0.465. The maximum absolute atomic E-state index is 9.07. The molecule has 0 amide bonds. The molecule has 0 N–H and O–H groups in total. The smallest absolute Gasteiger partial charge is 0.292 e. The predicted octanol–water partition coefficient (Wildman–Crippen LogP) is 7.64. The van der Waals surface area contributed by atoms with Crippen LogP contribution in [0, 0.1) is 36.2 Å². The van der Waals surface area contributed by atoms with Crippen molar-refractivity contribution in [1.29, 1.82) is 10.5 Å². The van der Waals surface area contributed by atoms with Crippen LogP contribution in [0.4, 0.5) is 0 Å². The van der Waals surface area contributed by atoms with Crippen molar-refractivity contribution in [3.63, 3.8) is 0 Å². The molecule has 0 aliphatic carbocycles. The molecule has 160 valence electrons. The summed E-state index contributed by atoms with van der Waals surface area (Å²) in [5.74, 6) is -1.20. The lowest BCUT2D eigenvalue weighted by Gasteiger charge is -2.18. The Balaban J connectivity index is 3.12. The minimum Gasteiger partial charge on any atom is -0.386 e. The van der Waals surface area contributed by atoms with E-state index in [9.17, 15) is 0 Å². The zero-order valence-corrected chi connectivity index (χ0v) is 19.4. The summed E-state index contributed by atoms with van der Waals surface area (Å²) in [5, 5.41) is 22.5. The molecule has 8 nitrogen and oxygen atoms in total. The lowest BCUT2D eigenvalue weighted by Crippen LogP contribution is -2.02. The maximum Gasteiger partial charge on any atom is 0.292 e. The molecule has 0 unspecified atom stereocenters. The van der Waals surface area contributed by atoms with E-state index in [-0.39, 0.29) is 59.8 Å². The first-order chi connectivity index (χ1) is 15.2. The third-order valence-electron chi connectivity index (χ3n) is 3.55. The quantitative estimate of drug-likeness (QED) is 0.208. The third kappa shape index (κ3) is 4.94. The molecule has 0 fully saturated rings. The fourth-order valence-electron chi connectivity index (χ4n) is 2.45. The van der Waals surface area contributed by atoms with Gasteiger partial charge < -0.3 is 9.47 Å².